The highest BCUT2D eigenvalue weighted by molar-refractivity contribution is 14.0. The fourth-order valence-electron chi connectivity index (χ4n) is 3.35. The van der Waals surface area contributed by atoms with Crippen molar-refractivity contribution in [1.29, 1.82) is 0 Å². The zero-order valence-electron chi connectivity index (χ0n) is 17.5. The second kappa shape index (κ2) is 12.0. The van der Waals surface area contributed by atoms with E-state index in [4.69, 9.17) is 9.73 Å². The van der Waals surface area contributed by atoms with Gasteiger partial charge in [-0.05, 0) is 72.1 Å². The van der Waals surface area contributed by atoms with Gasteiger partial charge in [-0.15, -0.1) is 24.0 Å². The van der Waals surface area contributed by atoms with Crippen LogP contribution in [0.4, 0.5) is 4.79 Å². The van der Waals surface area contributed by atoms with Gasteiger partial charge >= 0.3 is 6.09 Å². The maximum absolute atomic E-state index is 11.9. The predicted octanol–water partition coefficient (Wildman–Crippen LogP) is 4.19. The van der Waals surface area contributed by atoms with E-state index >= 15 is 0 Å². The summed E-state index contributed by atoms with van der Waals surface area (Å²) in [6.45, 7) is 9.55. The first-order valence-electron chi connectivity index (χ1n) is 10.4. The molecule has 2 rings (SSSR count). The van der Waals surface area contributed by atoms with Crippen LogP contribution in [0.5, 0.6) is 0 Å². The average molecular weight is 494 g/mol. The summed E-state index contributed by atoms with van der Waals surface area (Å²) in [6.07, 6.45) is 9.05. The molecule has 2 fully saturated rings. The minimum Gasteiger partial charge on any atom is -0.444 e. The van der Waals surface area contributed by atoms with Crippen LogP contribution in [0.3, 0.4) is 0 Å². The van der Waals surface area contributed by atoms with Gasteiger partial charge in [0.2, 0.25) is 0 Å². The van der Waals surface area contributed by atoms with E-state index in [-0.39, 0.29) is 36.1 Å². The Kier molecular flexibility index (Phi) is 10.8. The van der Waals surface area contributed by atoms with Crippen molar-refractivity contribution in [2.24, 2.45) is 10.9 Å². The van der Waals surface area contributed by atoms with Crippen LogP contribution in [0.25, 0.3) is 0 Å². The average Bonchev–Trinajstić information content (AvgIpc) is 3.36. The second-order valence-electron chi connectivity index (χ2n) is 8.69. The Morgan fingerprint density at radius 3 is 2.15 bits per heavy atom. The van der Waals surface area contributed by atoms with Crippen molar-refractivity contribution >= 4 is 36.0 Å². The normalized spacial score (nSPS) is 23.2. The summed E-state index contributed by atoms with van der Waals surface area (Å²) in [5.41, 5.74) is -0.445. The van der Waals surface area contributed by atoms with Gasteiger partial charge in [-0.3, -0.25) is 4.99 Å². The number of ether oxygens (including phenoxy) is 1. The SMILES string of the molecule is CCNC(=NCCCC1CC1)NC1CCC(NC(=O)OC(C)(C)C)CC1.I. The van der Waals surface area contributed by atoms with Crippen LogP contribution < -0.4 is 16.0 Å². The third-order valence-corrected chi connectivity index (χ3v) is 4.87. The Morgan fingerprint density at radius 1 is 1.04 bits per heavy atom. The Morgan fingerprint density at radius 2 is 1.63 bits per heavy atom. The maximum atomic E-state index is 11.9. The van der Waals surface area contributed by atoms with Gasteiger partial charge in [0, 0.05) is 25.2 Å². The molecule has 0 aromatic carbocycles. The molecule has 27 heavy (non-hydrogen) atoms. The van der Waals surface area contributed by atoms with Crippen LogP contribution in [0.2, 0.25) is 0 Å². The summed E-state index contributed by atoms with van der Waals surface area (Å²) in [7, 11) is 0. The number of halogens is 1. The first kappa shape index (κ1) is 24.3. The lowest BCUT2D eigenvalue weighted by molar-refractivity contribution is 0.0490. The van der Waals surface area contributed by atoms with Crippen molar-refractivity contribution in [3.8, 4) is 0 Å². The molecule has 0 radical (unpaired) electrons. The van der Waals surface area contributed by atoms with Crippen LogP contribution in [0.1, 0.15) is 79.1 Å². The molecule has 2 saturated carbocycles. The lowest BCUT2D eigenvalue weighted by atomic mass is 9.91. The summed E-state index contributed by atoms with van der Waals surface area (Å²) in [5, 5.41) is 9.92. The molecule has 7 heteroatoms. The van der Waals surface area contributed by atoms with Crippen molar-refractivity contribution in [1.82, 2.24) is 16.0 Å². The van der Waals surface area contributed by atoms with Crippen molar-refractivity contribution in [2.75, 3.05) is 13.1 Å². The van der Waals surface area contributed by atoms with Gasteiger partial charge in [0.1, 0.15) is 5.60 Å². The monoisotopic (exact) mass is 494 g/mol. The number of amides is 1. The summed E-state index contributed by atoms with van der Waals surface area (Å²) in [4.78, 5) is 16.6. The van der Waals surface area contributed by atoms with E-state index < -0.39 is 5.60 Å². The topological polar surface area (TPSA) is 74.8 Å². The van der Waals surface area contributed by atoms with Crippen LogP contribution in [-0.4, -0.2) is 42.8 Å². The summed E-state index contributed by atoms with van der Waals surface area (Å²) in [6, 6.07) is 0.633. The third kappa shape index (κ3) is 11.0. The van der Waals surface area contributed by atoms with Gasteiger partial charge in [0.05, 0.1) is 0 Å². The number of rotatable bonds is 7. The lowest BCUT2D eigenvalue weighted by Gasteiger charge is -2.31. The Hall–Kier alpha value is -0.730. The van der Waals surface area contributed by atoms with Crippen molar-refractivity contribution < 1.29 is 9.53 Å². The molecule has 3 N–H and O–H groups in total. The second-order valence-corrected chi connectivity index (χ2v) is 8.69. The van der Waals surface area contributed by atoms with Crippen LogP contribution >= 0.6 is 24.0 Å². The molecular formula is C20H39IN4O2. The maximum Gasteiger partial charge on any atom is 0.407 e. The zero-order chi connectivity index (χ0) is 19.0. The molecule has 0 spiro atoms. The molecule has 0 unspecified atom stereocenters. The molecule has 0 bridgehead atoms. The number of guanidine groups is 1. The highest BCUT2D eigenvalue weighted by Gasteiger charge is 2.25. The molecule has 6 nitrogen and oxygen atoms in total. The fourth-order valence-corrected chi connectivity index (χ4v) is 3.35. The van der Waals surface area contributed by atoms with Crippen molar-refractivity contribution in [3.63, 3.8) is 0 Å². The van der Waals surface area contributed by atoms with Gasteiger partial charge in [-0.2, -0.15) is 0 Å². The third-order valence-electron chi connectivity index (χ3n) is 4.87. The van der Waals surface area contributed by atoms with Crippen molar-refractivity contribution in [3.05, 3.63) is 0 Å². The van der Waals surface area contributed by atoms with E-state index in [9.17, 15) is 4.79 Å². The fraction of sp³-hybridized carbons (Fsp3) is 0.900. The first-order chi connectivity index (χ1) is 12.4. The van der Waals surface area contributed by atoms with E-state index in [0.29, 0.717) is 6.04 Å². The van der Waals surface area contributed by atoms with Gasteiger partial charge in [0.15, 0.2) is 5.96 Å². The molecular weight excluding hydrogens is 455 g/mol. The predicted molar refractivity (Wildman–Crippen MR) is 122 cm³/mol. The molecule has 0 aromatic heterocycles. The minimum absolute atomic E-state index is 0. The minimum atomic E-state index is -0.445. The number of carbonyl (C=O) groups is 1. The number of nitrogens with zero attached hydrogens (tertiary/aromatic N) is 1. The molecule has 0 heterocycles. The van der Waals surface area contributed by atoms with Gasteiger partial charge in [-0.25, -0.2) is 4.79 Å². The zero-order valence-corrected chi connectivity index (χ0v) is 19.8. The summed E-state index contributed by atoms with van der Waals surface area (Å²) < 4.78 is 5.35. The lowest BCUT2D eigenvalue weighted by Crippen LogP contribution is -2.48. The van der Waals surface area contributed by atoms with Crippen LogP contribution in [0.15, 0.2) is 4.99 Å². The molecule has 2 aliphatic carbocycles. The molecule has 0 aromatic rings. The molecule has 0 saturated heterocycles. The number of carbonyl (C=O) groups excluding carboxylic acids is 1. The number of hydrogen-bond acceptors (Lipinski definition) is 3. The Bertz CT molecular complexity index is 467. The van der Waals surface area contributed by atoms with Gasteiger partial charge in [-0.1, -0.05) is 12.8 Å². The van der Waals surface area contributed by atoms with Crippen LogP contribution in [-0.2, 0) is 4.74 Å². The van der Waals surface area contributed by atoms with Crippen LogP contribution in [0, 0.1) is 5.92 Å². The van der Waals surface area contributed by atoms with E-state index in [1.807, 2.05) is 20.8 Å². The first-order valence-corrected chi connectivity index (χ1v) is 10.4. The van der Waals surface area contributed by atoms with E-state index in [1.54, 1.807) is 0 Å². The van der Waals surface area contributed by atoms with E-state index in [2.05, 4.69) is 22.9 Å². The Labute approximate surface area is 182 Å². The van der Waals surface area contributed by atoms with Gasteiger partial charge < -0.3 is 20.7 Å². The Balaban J connectivity index is 0.00000364. The number of nitrogens with one attached hydrogen (secondary N) is 3. The number of alkyl carbamates (subject to hydrolysis) is 1. The smallest absolute Gasteiger partial charge is 0.407 e. The quantitative estimate of drug-likeness (QED) is 0.215. The molecule has 0 atom stereocenters. The van der Waals surface area contributed by atoms with E-state index in [0.717, 1.165) is 50.7 Å². The van der Waals surface area contributed by atoms with Gasteiger partial charge in [0.25, 0.3) is 0 Å². The summed E-state index contributed by atoms with van der Waals surface area (Å²) >= 11 is 0. The molecule has 1 amide bonds. The highest BCUT2D eigenvalue weighted by Crippen LogP contribution is 2.33. The molecule has 158 valence electrons. The standard InChI is InChI=1S/C20H38N4O2.HI/c1-5-21-18(22-14-6-7-15-8-9-15)23-16-10-12-17(13-11-16)24-19(25)26-20(2,3)4;/h15-17H,5-14H2,1-4H3,(H,24,25)(H2,21,22,23);1H. The largest absolute Gasteiger partial charge is 0.444 e. The number of aliphatic imine (C=N–C) groups is 1. The highest BCUT2D eigenvalue weighted by atomic mass is 127. The summed E-state index contributed by atoms with van der Waals surface area (Å²) in [5.74, 6) is 1.92. The molecule has 2 aliphatic rings. The molecule has 0 aliphatic heterocycles. The number of hydrogen-bond donors (Lipinski definition) is 3. The van der Waals surface area contributed by atoms with E-state index in [1.165, 1.54) is 25.7 Å². The van der Waals surface area contributed by atoms with Crippen molar-refractivity contribution in [2.45, 2.75) is 96.7 Å².